The molecule has 0 aliphatic heterocycles. The van der Waals surface area contributed by atoms with Crippen LogP contribution in [0.2, 0.25) is 0 Å². The minimum atomic E-state index is 1.18. The summed E-state index contributed by atoms with van der Waals surface area (Å²) < 4.78 is 2.21. The minimum Gasteiger partial charge on any atom is -0.354 e. The molecule has 2 rings (SSSR count). The van der Waals surface area contributed by atoms with Gasteiger partial charge in [0, 0.05) is 18.9 Å². The first-order chi connectivity index (χ1) is 5.29. The molecule has 1 aromatic rings. The van der Waals surface area contributed by atoms with Crippen LogP contribution in [-0.2, 0) is 13.5 Å². The smallest absolute Gasteiger partial charge is 0.0247 e. The van der Waals surface area contributed by atoms with Gasteiger partial charge >= 0.3 is 0 Å². The van der Waals surface area contributed by atoms with Crippen molar-refractivity contribution in [1.29, 1.82) is 0 Å². The van der Waals surface area contributed by atoms with E-state index in [1.807, 2.05) is 0 Å². The number of aromatic nitrogens is 1. The second-order valence-electron chi connectivity index (χ2n) is 3.24. The predicted octanol–water partition coefficient (Wildman–Crippen LogP) is 2.37. The van der Waals surface area contributed by atoms with Crippen molar-refractivity contribution in [2.24, 2.45) is 7.05 Å². The summed E-state index contributed by atoms with van der Waals surface area (Å²) >= 11 is 0. The molecule has 0 bridgehead atoms. The van der Waals surface area contributed by atoms with Gasteiger partial charge in [0.15, 0.2) is 0 Å². The molecular weight excluding hydrogens is 134 g/mol. The zero-order valence-electron chi connectivity index (χ0n) is 6.93. The van der Waals surface area contributed by atoms with Crippen LogP contribution in [0.5, 0.6) is 0 Å². The summed E-state index contributed by atoms with van der Waals surface area (Å²) in [4.78, 5) is 0. The lowest BCUT2D eigenvalue weighted by Crippen LogP contribution is -2.03. The highest BCUT2D eigenvalue weighted by molar-refractivity contribution is 5.67. The molecule has 1 aromatic heterocycles. The Hall–Kier alpha value is -0.980. The number of fused-ring (bicyclic) bond motifs is 1. The number of rotatable bonds is 0. The van der Waals surface area contributed by atoms with Crippen molar-refractivity contribution in [3.05, 3.63) is 30.1 Å². The second-order valence-corrected chi connectivity index (χ2v) is 3.24. The van der Waals surface area contributed by atoms with Gasteiger partial charge in [-0.2, -0.15) is 0 Å². The number of nitrogens with zero attached hydrogens (tertiary/aromatic N) is 1. The standard InChI is InChI=1S/C10H13N/c1-8-4-3-5-10-9(8)6-7-11(10)2/h6-7H,1,3-5H2,2H3. The van der Waals surface area contributed by atoms with E-state index in [9.17, 15) is 0 Å². The number of allylic oxidation sites excluding steroid dienone is 1. The van der Waals surface area contributed by atoms with E-state index in [4.69, 9.17) is 0 Å². The molecule has 0 amide bonds. The molecule has 1 aliphatic rings. The molecular formula is C10H13N. The van der Waals surface area contributed by atoms with Crippen molar-refractivity contribution in [2.75, 3.05) is 0 Å². The highest BCUT2D eigenvalue weighted by atomic mass is 14.9. The first-order valence-corrected chi connectivity index (χ1v) is 4.11. The summed E-state index contributed by atoms with van der Waals surface area (Å²) in [5.74, 6) is 0. The summed E-state index contributed by atoms with van der Waals surface area (Å²) in [5.41, 5.74) is 4.16. The van der Waals surface area contributed by atoms with Crippen molar-refractivity contribution < 1.29 is 0 Å². The highest BCUT2D eigenvalue weighted by Gasteiger charge is 2.14. The Morgan fingerprint density at radius 3 is 3.00 bits per heavy atom. The van der Waals surface area contributed by atoms with E-state index in [1.54, 1.807) is 0 Å². The van der Waals surface area contributed by atoms with Crippen LogP contribution in [0, 0.1) is 0 Å². The predicted molar refractivity (Wildman–Crippen MR) is 47.4 cm³/mol. The van der Waals surface area contributed by atoms with E-state index in [2.05, 4.69) is 30.5 Å². The molecule has 1 heterocycles. The lowest BCUT2D eigenvalue weighted by Gasteiger charge is -2.15. The third-order valence-electron chi connectivity index (χ3n) is 2.47. The third-order valence-corrected chi connectivity index (χ3v) is 2.47. The number of hydrogen-bond donors (Lipinski definition) is 0. The van der Waals surface area contributed by atoms with Crippen LogP contribution >= 0.6 is 0 Å². The van der Waals surface area contributed by atoms with Crippen molar-refractivity contribution in [2.45, 2.75) is 19.3 Å². The van der Waals surface area contributed by atoms with Crippen molar-refractivity contribution in [1.82, 2.24) is 4.57 Å². The molecule has 0 atom stereocenters. The van der Waals surface area contributed by atoms with E-state index in [-0.39, 0.29) is 0 Å². The molecule has 0 saturated carbocycles. The minimum absolute atomic E-state index is 1.18. The van der Waals surface area contributed by atoms with Gasteiger partial charge in [-0.15, -0.1) is 0 Å². The molecule has 0 N–H and O–H groups in total. The molecule has 0 fully saturated rings. The number of aryl methyl sites for hydroxylation is 1. The first-order valence-electron chi connectivity index (χ1n) is 4.11. The zero-order valence-corrected chi connectivity index (χ0v) is 6.93. The van der Waals surface area contributed by atoms with Crippen molar-refractivity contribution in [3.63, 3.8) is 0 Å². The lowest BCUT2D eigenvalue weighted by molar-refractivity contribution is 0.740. The Kier molecular flexibility index (Phi) is 1.38. The summed E-state index contributed by atoms with van der Waals surface area (Å²) in [6.07, 6.45) is 5.79. The average molecular weight is 147 g/mol. The molecule has 0 radical (unpaired) electrons. The monoisotopic (exact) mass is 147 g/mol. The van der Waals surface area contributed by atoms with Crippen molar-refractivity contribution in [3.8, 4) is 0 Å². The summed E-state index contributed by atoms with van der Waals surface area (Å²) in [7, 11) is 2.11. The lowest BCUT2D eigenvalue weighted by atomic mass is 9.94. The van der Waals surface area contributed by atoms with E-state index in [0.717, 1.165) is 0 Å². The molecule has 0 unspecified atom stereocenters. The maximum absolute atomic E-state index is 4.06. The van der Waals surface area contributed by atoms with Gasteiger partial charge in [-0.05, 0) is 36.5 Å². The molecule has 1 aliphatic carbocycles. The number of hydrogen-bond acceptors (Lipinski definition) is 0. The quantitative estimate of drug-likeness (QED) is 0.531. The van der Waals surface area contributed by atoms with Gasteiger partial charge in [-0.3, -0.25) is 0 Å². The van der Waals surface area contributed by atoms with Crippen LogP contribution in [0.3, 0.4) is 0 Å². The van der Waals surface area contributed by atoms with Crippen LogP contribution in [-0.4, -0.2) is 4.57 Å². The Balaban J connectivity index is 2.55. The molecule has 1 heteroatoms. The molecule has 58 valence electrons. The van der Waals surface area contributed by atoms with Gasteiger partial charge in [0.05, 0.1) is 0 Å². The van der Waals surface area contributed by atoms with Crippen LogP contribution < -0.4 is 0 Å². The largest absolute Gasteiger partial charge is 0.354 e. The highest BCUT2D eigenvalue weighted by Crippen LogP contribution is 2.29. The van der Waals surface area contributed by atoms with Gasteiger partial charge in [0.1, 0.15) is 0 Å². The van der Waals surface area contributed by atoms with E-state index >= 15 is 0 Å². The van der Waals surface area contributed by atoms with Gasteiger partial charge in [-0.25, -0.2) is 0 Å². The fourth-order valence-electron chi connectivity index (χ4n) is 1.80. The maximum atomic E-state index is 4.06. The van der Waals surface area contributed by atoms with Gasteiger partial charge in [0.25, 0.3) is 0 Å². The maximum Gasteiger partial charge on any atom is 0.0247 e. The van der Waals surface area contributed by atoms with Crippen molar-refractivity contribution >= 4 is 5.57 Å². The van der Waals surface area contributed by atoms with Crippen LogP contribution in [0.15, 0.2) is 18.8 Å². The van der Waals surface area contributed by atoms with E-state index < -0.39 is 0 Å². The fourth-order valence-corrected chi connectivity index (χ4v) is 1.80. The fraction of sp³-hybridized carbons (Fsp3) is 0.400. The van der Waals surface area contributed by atoms with Crippen LogP contribution in [0.4, 0.5) is 0 Å². The molecule has 0 aromatic carbocycles. The Morgan fingerprint density at radius 1 is 1.45 bits per heavy atom. The van der Waals surface area contributed by atoms with Crippen LogP contribution in [0.1, 0.15) is 24.1 Å². The summed E-state index contributed by atoms with van der Waals surface area (Å²) in [6, 6.07) is 2.18. The van der Waals surface area contributed by atoms with Gasteiger partial charge < -0.3 is 4.57 Å². The average Bonchev–Trinajstić information content (AvgIpc) is 2.35. The zero-order chi connectivity index (χ0) is 7.84. The Morgan fingerprint density at radius 2 is 2.27 bits per heavy atom. The van der Waals surface area contributed by atoms with E-state index in [0.29, 0.717) is 0 Å². The van der Waals surface area contributed by atoms with E-state index in [1.165, 1.54) is 36.1 Å². The Labute approximate surface area is 67.3 Å². The molecule has 1 nitrogen and oxygen atoms in total. The SMILES string of the molecule is C=C1CCCc2c1ccn2C. The first kappa shape index (κ1) is 6.71. The summed E-state index contributed by atoms with van der Waals surface area (Å²) in [6.45, 7) is 4.06. The van der Waals surface area contributed by atoms with Gasteiger partial charge in [-0.1, -0.05) is 6.58 Å². The molecule has 11 heavy (non-hydrogen) atoms. The topological polar surface area (TPSA) is 4.93 Å². The normalized spacial score (nSPS) is 16.6. The third kappa shape index (κ3) is 0.917. The second kappa shape index (κ2) is 2.26. The molecule has 0 saturated heterocycles. The molecule has 0 spiro atoms. The summed E-state index contributed by atoms with van der Waals surface area (Å²) in [5, 5.41) is 0. The Bertz CT molecular complexity index is 294. The van der Waals surface area contributed by atoms with Gasteiger partial charge in [0.2, 0.25) is 0 Å². The van der Waals surface area contributed by atoms with Crippen LogP contribution in [0.25, 0.3) is 5.57 Å².